The van der Waals surface area contributed by atoms with Gasteiger partial charge in [-0.05, 0) is 59.2 Å². The molecule has 1 N–H and O–H groups in total. The summed E-state index contributed by atoms with van der Waals surface area (Å²) < 4.78 is 0. The number of hydrogen-bond acceptors (Lipinski definition) is 2. The van der Waals surface area contributed by atoms with E-state index in [2.05, 4.69) is 106 Å². The van der Waals surface area contributed by atoms with E-state index in [0.29, 0.717) is 5.92 Å². The standard InChI is InChI=1S/C29H21N3/c1-3-9-26-22(7-1)24-16-19(11-13-27(24)31-26)20-12-14-29-25(17-20)23-8-2-4-10-28(23)32(29)21-6-5-15-30-18-21/h1-18,23,28,31H. The van der Waals surface area contributed by atoms with Crippen molar-refractivity contribution in [2.75, 3.05) is 4.90 Å². The van der Waals surface area contributed by atoms with Crippen LogP contribution >= 0.6 is 0 Å². The minimum atomic E-state index is 0.283. The molecule has 2 unspecified atom stereocenters. The topological polar surface area (TPSA) is 31.9 Å². The molecule has 0 fully saturated rings. The van der Waals surface area contributed by atoms with Gasteiger partial charge in [-0.3, -0.25) is 4.98 Å². The predicted molar refractivity (Wildman–Crippen MR) is 132 cm³/mol. The van der Waals surface area contributed by atoms with Crippen LogP contribution in [0, 0.1) is 0 Å². The summed E-state index contributed by atoms with van der Waals surface area (Å²) in [5.74, 6) is 0.340. The zero-order valence-corrected chi connectivity index (χ0v) is 17.4. The number of nitrogens with zero attached hydrogens (tertiary/aromatic N) is 2. The molecule has 0 radical (unpaired) electrons. The Morgan fingerprint density at radius 1 is 0.750 bits per heavy atom. The molecule has 0 bridgehead atoms. The fourth-order valence-corrected chi connectivity index (χ4v) is 5.35. The average molecular weight is 412 g/mol. The van der Waals surface area contributed by atoms with Crippen LogP contribution in [0.1, 0.15) is 11.5 Å². The number of aromatic nitrogens is 2. The van der Waals surface area contributed by atoms with Gasteiger partial charge in [0.2, 0.25) is 0 Å². The van der Waals surface area contributed by atoms with E-state index in [1.807, 2.05) is 18.5 Å². The van der Waals surface area contributed by atoms with Crippen molar-refractivity contribution in [2.24, 2.45) is 0 Å². The van der Waals surface area contributed by atoms with E-state index in [9.17, 15) is 0 Å². The summed E-state index contributed by atoms with van der Waals surface area (Å²) in [7, 11) is 0. The molecule has 2 aromatic heterocycles. The first-order valence-electron chi connectivity index (χ1n) is 11.1. The molecule has 3 heteroatoms. The first kappa shape index (κ1) is 17.6. The lowest BCUT2D eigenvalue weighted by Gasteiger charge is -2.28. The molecule has 3 nitrogen and oxygen atoms in total. The molecule has 1 aliphatic carbocycles. The zero-order chi connectivity index (χ0) is 21.1. The molecule has 3 heterocycles. The van der Waals surface area contributed by atoms with Crippen LogP contribution < -0.4 is 4.90 Å². The van der Waals surface area contributed by atoms with Gasteiger partial charge in [-0.2, -0.15) is 0 Å². The Morgan fingerprint density at radius 2 is 1.59 bits per heavy atom. The molecule has 0 saturated heterocycles. The number of anilines is 2. The number of fused-ring (bicyclic) bond motifs is 6. The van der Waals surface area contributed by atoms with Crippen molar-refractivity contribution in [1.29, 1.82) is 0 Å². The van der Waals surface area contributed by atoms with Crippen LogP contribution in [-0.2, 0) is 0 Å². The molecule has 7 rings (SSSR count). The third-order valence-electron chi connectivity index (χ3n) is 6.81. The third kappa shape index (κ3) is 2.51. The highest BCUT2D eigenvalue weighted by atomic mass is 15.2. The van der Waals surface area contributed by atoms with Crippen LogP contribution in [0.3, 0.4) is 0 Å². The van der Waals surface area contributed by atoms with E-state index in [-0.39, 0.29) is 6.04 Å². The maximum Gasteiger partial charge on any atom is 0.0630 e. The molecular formula is C29H21N3. The van der Waals surface area contributed by atoms with Gasteiger partial charge in [0, 0.05) is 39.6 Å². The molecule has 0 spiro atoms. The minimum absolute atomic E-state index is 0.283. The van der Waals surface area contributed by atoms with Gasteiger partial charge >= 0.3 is 0 Å². The van der Waals surface area contributed by atoms with Gasteiger partial charge in [-0.15, -0.1) is 0 Å². The summed E-state index contributed by atoms with van der Waals surface area (Å²) in [5, 5.41) is 2.54. The first-order chi connectivity index (χ1) is 15.9. The van der Waals surface area contributed by atoms with E-state index >= 15 is 0 Å². The van der Waals surface area contributed by atoms with E-state index in [0.717, 1.165) is 5.69 Å². The van der Waals surface area contributed by atoms with E-state index in [4.69, 9.17) is 0 Å². The lowest BCUT2D eigenvalue weighted by Crippen LogP contribution is -2.28. The second-order valence-corrected chi connectivity index (χ2v) is 8.57. The Bertz CT molecular complexity index is 1540. The maximum absolute atomic E-state index is 4.37. The number of para-hydroxylation sites is 1. The van der Waals surface area contributed by atoms with Crippen LogP contribution in [0.4, 0.5) is 11.4 Å². The van der Waals surface area contributed by atoms with E-state index in [1.54, 1.807) is 0 Å². The minimum Gasteiger partial charge on any atom is -0.355 e. The van der Waals surface area contributed by atoms with Gasteiger partial charge in [-0.25, -0.2) is 0 Å². The maximum atomic E-state index is 4.37. The Balaban J connectivity index is 1.38. The van der Waals surface area contributed by atoms with Crippen molar-refractivity contribution in [3.63, 3.8) is 0 Å². The third-order valence-corrected chi connectivity index (χ3v) is 6.81. The van der Waals surface area contributed by atoms with Crippen molar-refractivity contribution < 1.29 is 0 Å². The highest BCUT2D eigenvalue weighted by molar-refractivity contribution is 6.08. The molecular weight excluding hydrogens is 390 g/mol. The summed E-state index contributed by atoms with van der Waals surface area (Å²) in [6.07, 6.45) is 12.7. The van der Waals surface area contributed by atoms with E-state index < -0.39 is 0 Å². The zero-order valence-electron chi connectivity index (χ0n) is 17.4. The summed E-state index contributed by atoms with van der Waals surface area (Å²) in [4.78, 5) is 10.3. The number of aromatic amines is 1. The number of hydrogen-bond donors (Lipinski definition) is 1. The molecule has 0 saturated carbocycles. The van der Waals surface area contributed by atoms with Gasteiger partial charge in [-0.1, -0.05) is 54.6 Å². The van der Waals surface area contributed by atoms with Crippen molar-refractivity contribution >= 4 is 33.2 Å². The van der Waals surface area contributed by atoms with Gasteiger partial charge in [0.05, 0.1) is 17.9 Å². The molecule has 2 aliphatic rings. The Kier molecular flexibility index (Phi) is 3.67. The number of pyridine rings is 1. The Morgan fingerprint density at radius 3 is 2.53 bits per heavy atom. The number of nitrogens with one attached hydrogen (secondary N) is 1. The molecule has 3 aromatic carbocycles. The van der Waals surface area contributed by atoms with Crippen molar-refractivity contribution in [3.05, 3.63) is 115 Å². The highest BCUT2D eigenvalue weighted by Gasteiger charge is 2.37. The normalized spacial score (nSPS) is 18.9. The number of benzene rings is 3. The molecule has 5 aromatic rings. The molecule has 32 heavy (non-hydrogen) atoms. The molecule has 0 amide bonds. The lowest BCUT2D eigenvalue weighted by atomic mass is 9.89. The van der Waals surface area contributed by atoms with Crippen LogP contribution in [0.2, 0.25) is 0 Å². The smallest absolute Gasteiger partial charge is 0.0630 e. The highest BCUT2D eigenvalue weighted by Crippen LogP contribution is 2.48. The summed E-state index contributed by atoms with van der Waals surface area (Å²) in [5.41, 5.74) is 8.63. The first-order valence-corrected chi connectivity index (χ1v) is 11.1. The van der Waals surface area contributed by atoms with Crippen LogP contribution in [0.5, 0.6) is 0 Å². The van der Waals surface area contributed by atoms with Crippen molar-refractivity contribution in [2.45, 2.75) is 12.0 Å². The molecule has 1 aliphatic heterocycles. The molecule has 152 valence electrons. The van der Waals surface area contributed by atoms with Gasteiger partial charge in [0.25, 0.3) is 0 Å². The monoisotopic (exact) mass is 411 g/mol. The summed E-state index contributed by atoms with van der Waals surface area (Å²) in [6.45, 7) is 0. The number of allylic oxidation sites excluding steroid dienone is 2. The van der Waals surface area contributed by atoms with Crippen molar-refractivity contribution in [1.82, 2.24) is 9.97 Å². The Labute approximate surface area is 186 Å². The lowest BCUT2D eigenvalue weighted by molar-refractivity contribution is 0.744. The van der Waals surface area contributed by atoms with Gasteiger partial charge < -0.3 is 9.88 Å². The van der Waals surface area contributed by atoms with Gasteiger partial charge in [0.1, 0.15) is 0 Å². The number of H-pyrrole nitrogens is 1. The van der Waals surface area contributed by atoms with E-state index in [1.165, 1.54) is 44.2 Å². The molecule has 2 atom stereocenters. The Hall–Kier alpha value is -4.11. The SMILES string of the molecule is C1=CC2c3cc(-c4ccc5[nH]c6ccccc6c5c4)ccc3N(c3cccnc3)C2C=C1. The largest absolute Gasteiger partial charge is 0.355 e. The number of rotatable bonds is 2. The fraction of sp³-hybridized carbons (Fsp3) is 0.0690. The van der Waals surface area contributed by atoms with Crippen molar-refractivity contribution in [3.8, 4) is 11.1 Å². The van der Waals surface area contributed by atoms with Crippen LogP contribution in [0.25, 0.3) is 32.9 Å². The fourth-order valence-electron chi connectivity index (χ4n) is 5.35. The van der Waals surface area contributed by atoms with Crippen LogP contribution in [-0.4, -0.2) is 16.0 Å². The second kappa shape index (κ2) is 6.69. The quantitative estimate of drug-likeness (QED) is 0.335. The van der Waals surface area contributed by atoms with Gasteiger partial charge in [0.15, 0.2) is 0 Å². The predicted octanol–water partition coefficient (Wildman–Crippen LogP) is 7.11. The second-order valence-electron chi connectivity index (χ2n) is 8.57. The summed E-state index contributed by atoms with van der Waals surface area (Å²) in [6, 6.07) is 26.6. The average Bonchev–Trinajstić information content (AvgIpc) is 3.39. The summed E-state index contributed by atoms with van der Waals surface area (Å²) >= 11 is 0. The van der Waals surface area contributed by atoms with Crippen LogP contribution in [0.15, 0.2) is 109 Å².